The number of benzene rings is 2. The van der Waals surface area contributed by atoms with Crippen LogP contribution in [0.3, 0.4) is 0 Å². The lowest BCUT2D eigenvalue weighted by atomic mass is 10.1. The largest absolute Gasteiger partial charge is 0.384 e. The van der Waals surface area contributed by atoms with Gasteiger partial charge in [0, 0.05) is 18.3 Å². The maximum Gasteiger partial charge on any atom is 0.159 e. The summed E-state index contributed by atoms with van der Waals surface area (Å²) in [4.78, 5) is 11.5. The van der Waals surface area contributed by atoms with Gasteiger partial charge in [0.15, 0.2) is 5.78 Å². The second-order valence-corrected chi connectivity index (χ2v) is 6.48. The summed E-state index contributed by atoms with van der Waals surface area (Å²) in [5.74, 6) is -0.00788. The van der Waals surface area contributed by atoms with Crippen LogP contribution in [-0.2, 0) is 6.42 Å². The van der Waals surface area contributed by atoms with Gasteiger partial charge in [-0.1, -0.05) is 18.2 Å². The van der Waals surface area contributed by atoms with E-state index in [1.54, 1.807) is 18.2 Å². The molecule has 2 aromatic carbocycles. The molecule has 1 N–H and O–H groups in total. The molecule has 0 saturated carbocycles. The standard InChI is InChI=1S/C22H22N4O/c1-16-20(15-26(25-16)21-8-4-3-5-9-21)7-6-12-24-22-13-18(17(2)27)10-11-19(22)14-23/h3-5,8-11,13,15,24H,6-7,12H2,1-2H3. The quantitative estimate of drug-likeness (QED) is 0.505. The molecular weight excluding hydrogens is 336 g/mol. The molecule has 0 radical (unpaired) electrons. The van der Waals surface area contributed by atoms with Gasteiger partial charge in [-0.3, -0.25) is 4.79 Å². The third-order valence-electron chi connectivity index (χ3n) is 4.51. The topological polar surface area (TPSA) is 70.7 Å². The number of para-hydroxylation sites is 1. The highest BCUT2D eigenvalue weighted by Crippen LogP contribution is 2.18. The Morgan fingerprint density at radius 1 is 1.22 bits per heavy atom. The van der Waals surface area contributed by atoms with Crippen molar-refractivity contribution in [3.63, 3.8) is 0 Å². The molecule has 0 spiro atoms. The Hall–Kier alpha value is -3.39. The van der Waals surface area contributed by atoms with E-state index in [-0.39, 0.29) is 5.78 Å². The predicted molar refractivity (Wildman–Crippen MR) is 106 cm³/mol. The Morgan fingerprint density at radius 2 is 2.00 bits per heavy atom. The van der Waals surface area contributed by atoms with E-state index in [0.29, 0.717) is 23.4 Å². The van der Waals surface area contributed by atoms with Gasteiger partial charge in [0.1, 0.15) is 6.07 Å². The molecule has 3 aromatic rings. The normalized spacial score (nSPS) is 10.4. The number of nitrogens with one attached hydrogen (secondary N) is 1. The smallest absolute Gasteiger partial charge is 0.159 e. The molecule has 3 rings (SSSR count). The van der Waals surface area contributed by atoms with E-state index in [0.717, 1.165) is 24.2 Å². The highest BCUT2D eigenvalue weighted by Gasteiger charge is 2.08. The van der Waals surface area contributed by atoms with E-state index in [1.165, 1.54) is 12.5 Å². The van der Waals surface area contributed by atoms with E-state index in [2.05, 4.69) is 22.7 Å². The molecule has 5 heteroatoms. The lowest BCUT2D eigenvalue weighted by Gasteiger charge is -2.09. The molecule has 27 heavy (non-hydrogen) atoms. The van der Waals surface area contributed by atoms with Gasteiger partial charge in [0.05, 0.1) is 22.6 Å². The van der Waals surface area contributed by atoms with Crippen LogP contribution in [0.1, 0.15) is 40.5 Å². The van der Waals surface area contributed by atoms with Gasteiger partial charge in [-0.2, -0.15) is 10.4 Å². The van der Waals surface area contributed by atoms with Crippen LogP contribution in [-0.4, -0.2) is 22.1 Å². The van der Waals surface area contributed by atoms with Crippen LogP contribution < -0.4 is 5.32 Å². The van der Waals surface area contributed by atoms with Crippen LogP contribution in [0.5, 0.6) is 0 Å². The lowest BCUT2D eigenvalue weighted by molar-refractivity contribution is 0.101. The summed E-state index contributed by atoms with van der Waals surface area (Å²) in [7, 11) is 0. The molecule has 5 nitrogen and oxygen atoms in total. The molecule has 1 aromatic heterocycles. The minimum absolute atomic E-state index is 0.00788. The van der Waals surface area contributed by atoms with Crippen molar-refractivity contribution in [1.82, 2.24) is 9.78 Å². The van der Waals surface area contributed by atoms with E-state index < -0.39 is 0 Å². The number of hydrogen-bond donors (Lipinski definition) is 1. The molecule has 136 valence electrons. The van der Waals surface area contributed by atoms with Gasteiger partial charge in [-0.05, 0) is 62.6 Å². The highest BCUT2D eigenvalue weighted by atomic mass is 16.1. The van der Waals surface area contributed by atoms with Gasteiger partial charge in [-0.15, -0.1) is 0 Å². The number of hydrogen-bond acceptors (Lipinski definition) is 4. The molecule has 0 amide bonds. The van der Waals surface area contributed by atoms with Crippen LogP contribution >= 0.6 is 0 Å². The van der Waals surface area contributed by atoms with Crippen molar-refractivity contribution in [3.05, 3.63) is 77.1 Å². The number of aromatic nitrogens is 2. The third kappa shape index (κ3) is 4.42. The van der Waals surface area contributed by atoms with Gasteiger partial charge in [0.2, 0.25) is 0 Å². The minimum Gasteiger partial charge on any atom is -0.384 e. The van der Waals surface area contributed by atoms with Crippen LogP contribution in [0.15, 0.2) is 54.7 Å². The monoisotopic (exact) mass is 358 g/mol. The van der Waals surface area contributed by atoms with E-state index in [1.807, 2.05) is 41.9 Å². The van der Waals surface area contributed by atoms with Gasteiger partial charge in [0.25, 0.3) is 0 Å². The first kappa shape index (κ1) is 18.4. The summed E-state index contributed by atoms with van der Waals surface area (Å²) >= 11 is 0. The van der Waals surface area contributed by atoms with Crippen LogP contribution in [0, 0.1) is 18.3 Å². The first-order chi connectivity index (χ1) is 13.1. The average Bonchev–Trinajstić information content (AvgIpc) is 3.06. The Morgan fingerprint density at radius 3 is 2.70 bits per heavy atom. The van der Waals surface area contributed by atoms with Crippen molar-refractivity contribution in [2.45, 2.75) is 26.7 Å². The molecule has 0 atom stereocenters. The molecule has 0 unspecified atom stereocenters. The number of aryl methyl sites for hydroxylation is 2. The number of ketones is 1. The molecule has 0 aliphatic rings. The summed E-state index contributed by atoms with van der Waals surface area (Å²) in [6, 6.07) is 17.3. The van der Waals surface area contributed by atoms with Crippen LogP contribution in [0.2, 0.25) is 0 Å². The van der Waals surface area contributed by atoms with Crippen molar-refractivity contribution >= 4 is 11.5 Å². The van der Waals surface area contributed by atoms with Crippen LogP contribution in [0.4, 0.5) is 5.69 Å². The van der Waals surface area contributed by atoms with E-state index in [9.17, 15) is 10.1 Å². The summed E-state index contributed by atoms with van der Waals surface area (Å²) in [5.41, 5.74) is 5.14. The molecule has 0 aliphatic heterocycles. The zero-order chi connectivity index (χ0) is 19.2. The molecular formula is C22H22N4O. The first-order valence-electron chi connectivity index (χ1n) is 8.98. The number of carbonyl (C=O) groups is 1. The maximum absolute atomic E-state index is 11.5. The molecule has 0 fully saturated rings. The molecule has 0 saturated heterocycles. The van der Waals surface area contributed by atoms with Gasteiger partial charge < -0.3 is 5.32 Å². The Labute approximate surface area is 159 Å². The lowest BCUT2D eigenvalue weighted by Crippen LogP contribution is -2.06. The zero-order valence-corrected chi connectivity index (χ0v) is 15.6. The van der Waals surface area contributed by atoms with E-state index in [4.69, 9.17) is 0 Å². The fourth-order valence-electron chi connectivity index (χ4n) is 2.96. The Bertz CT molecular complexity index is 983. The summed E-state index contributed by atoms with van der Waals surface area (Å²) < 4.78 is 1.90. The second-order valence-electron chi connectivity index (χ2n) is 6.48. The summed E-state index contributed by atoms with van der Waals surface area (Å²) in [6.45, 7) is 4.26. The van der Waals surface area contributed by atoms with Crippen LogP contribution in [0.25, 0.3) is 5.69 Å². The van der Waals surface area contributed by atoms with Crippen molar-refractivity contribution in [3.8, 4) is 11.8 Å². The van der Waals surface area contributed by atoms with Crippen molar-refractivity contribution in [2.24, 2.45) is 0 Å². The highest BCUT2D eigenvalue weighted by molar-refractivity contribution is 5.95. The first-order valence-corrected chi connectivity index (χ1v) is 8.98. The SMILES string of the molecule is CC(=O)c1ccc(C#N)c(NCCCc2cn(-c3ccccc3)nc2C)c1. The number of carbonyl (C=O) groups excluding carboxylic acids is 1. The third-order valence-corrected chi connectivity index (χ3v) is 4.51. The molecule has 1 heterocycles. The number of Topliss-reactive ketones (excluding diaryl/α,β-unsaturated/α-hetero) is 1. The zero-order valence-electron chi connectivity index (χ0n) is 15.6. The fourth-order valence-corrected chi connectivity index (χ4v) is 2.96. The number of rotatable bonds is 7. The predicted octanol–water partition coefficient (Wildman–Crippen LogP) is 4.30. The second kappa shape index (κ2) is 8.33. The maximum atomic E-state index is 11.5. The Balaban J connectivity index is 1.61. The van der Waals surface area contributed by atoms with Crippen molar-refractivity contribution < 1.29 is 4.79 Å². The minimum atomic E-state index is -0.00788. The van der Waals surface area contributed by atoms with Crippen molar-refractivity contribution in [1.29, 1.82) is 5.26 Å². The summed E-state index contributed by atoms with van der Waals surface area (Å²) in [5, 5.41) is 17.1. The van der Waals surface area contributed by atoms with E-state index >= 15 is 0 Å². The fraction of sp³-hybridized carbons (Fsp3) is 0.227. The number of nitriles is 1. The number of anilines is 1. The molecule has 0 bridgehead atoms. The summed E-state index contributed by atoms with van der Waals surface area (Å²) in [6.07, 6.45) is 3.86. The molecule has 0 aliphatic carbocycles. The van der Waals surface area contributed by atoms with Crippen molar-refractivity contribution in [2.75, 3.05) is 11.9 Å². The average molecular weight is 358 g/mol. The van der Waals surface area contributed by atoms with Gasteiger partial charge >= 0.3 is 0 Å². The number of nitrogens with zero attached hydrogens (tertiary/aromatic N) is 3. The Kier molecular flexibility index (Phi) is 5.68. The van der Waals surface area contributed by atoms with Gasteiger partial charge in [-0.25, -0.2) is 4.68 Å².